The van der Waals surface area contributed by atoms with Gasteiger partial charge in [0.15, 0.2) is 0 Å². The van der Waals surface area contributed by atoms with Crippen LogP contribution in [0.4, 0.5) is 0 Å². The number of nitrogens with one attached hydrogen (secondary N) is 2. The minimum Gasteiger partial charge on any atom is -0.351 e. The summed E-state index contributed by atoms with van der Waals surface area (Å²) in [6.07, 6.45) is 2.15. The predicted molar refractivity (Wildman–Crippen MR) is 107 cm³/mol. The van der Waals surface area contributed by atoms with E-state index in [0.29, 0.717) is 24.5 Å². The van der Waals surface area contributed by atoms with Gasteiger partial charge >= 0.3 is 0 Å². The second-order valence-corrected chi connectivity index (χ2v) is 9.01. The molecule has 28 heavy (non-hydrogen) atoms. The van der Waals surface area contributed by atoms with Crippen LogP contribution in [0.5, 0.6) is 0 Å². The molecule has 1 aliphatic rings. The van der Waals surface area contributed by atoms with Crippen LogP contribution in [0, 0.1) is 6.92 Å². The molecule has 0 radical (unpaired) electrons. The van der Waals surface area contributed by atoms with E-state index in [9.17, 15) is 13.2 Å². The van der Waals surface area contributed by atoms with Crippen molar-refractivity contribution in [1.29, 1.82) is 0 Å². The van der Waals surface area contributed by atoms with Crippen molar-refractivity contribution in [2.24, 2.45) is 0 Å². The third-order valence-electron chi connectivity index (χ3n) is 4.93. The van der Waals surface area contributed by atoms with Crippen LogP contribution in [0.25, 0.3) is 0 Å². The second-order valence-electron chi connectivity index (χ2n) is 6.81. The van der Waals surface area contributed by atoms with Crippen molar-refractivity contribution in [3.63, 3.8) is 0 Å². The summed E-state index contributed by atoms with van der Waals surface area (Å²) in [6, 6.07) is 5.80. The van der Waals surface area contributed by atoms with E-state index < -0.39 is 22.3 Å². The van der Waals surface area contributed by atoms with E-state index in [0.717, 1.165) is 21.1 Å². The molecule has 2 atom stereocenters. The normalized spacial score (nSPS) is 22.1. The minimum absolute atomic E-state index is 0.297. The highest BCUT2D eigenvalue weighted by atomic mass is 35.5. The van der Waals surface area contributed by atoms with Crippen LogP contribution in [0.3, 0.4) is 0 Å². The number of halogens is 1. The van der Waals surface area contributed by atoms with Gasteiger partial charge in [-0.15, -0.1) is 0 Å². The Kier molecular flexibility index (Phi) is 6.09. The summed E-state index contributed by atoms with van der Waals surface area (Å²) in [5.41, 5.74) is 2.42. The molecule has 1 saturated heterocycles. The lowest BCUT2D eigenvalue weighted by molar-refractivity contribution is -0.125. The molecule has 0 saturated carbocycles. The summed E-state index contributed by atoms with van der Waals surface area (Å²) in [7, 11) is -2.38. The molecule has 2 N–H and O–H groups in total. The third-order valence-corrected chi connectivity index (χ3v) is 6.78. The Bertz CT molecular complexity index is 958. The van der Waals surface area contributed by atoms with Gasteiger partial charge < -0.3 is 5.32 Å². The van der Waals surface area contributed by atoms with Crippen LogP contribution in [0.1, 0.15) is 36.2 Å². The van der Waals surface area contributed by atoms with Gasteiger partial charge in [-0.3, -0.25) is 9.48 Å². The number of aromatic nitrogens is 2. The van der Waals surface area contributed by atoms with Gasteiger partial charge in [-0.2, -0.15) is 22.5 Å². The Morgan fingerprint density at radius 3 is 2.64 bits per heavy atom. The number of nitrogens with zero attached hydrogens (tertiary/aromatic N) is 3. The third kappa shape index (κ3) is 4.38. The van der Waals surface area contributed by atoms with Crippen molar-refractivity contribution in [2.75, 3.05) is 7.05 Å². The molecular weight excluding hydrogens is 402 g/mol. The summed E-state index contributed by atoms with van der Waals surface area (Å²) in [5.74, 6) is -0.340. The van der Waals surface area contributed by atoms with Crippen molar-refractivity contribution in [3.8, 4) is 0 Å². The maximum absolute atomic E-state index is 12.8. The van der Waals surface area contributed by atoms with Crippen LogP contribution in [0.2, 0.25) is 5.02 Å². The molecule has 0 bridgehead atoms. The monoisotopic (exact) mass is 425 g/mol. The second kappa shape index (κ2) is 8.20. The van der Waals surface area contributed by atoms with Gasteiger partial charge in [-0.25, -0.2) is 0 Å². The molecule has 1 aliphatic heterocycles. The van der Waals surface area contributed by atoms with Crippen LogP contribution >= 0.6 is 11.6 Å². The van der Waals surface area contributed by atoms with Gasteiger partial charge in [0.1, 0.15) is 6.04 Å². The first-order valence-corrected chi connectivity index (χ1v) is 10.8. The largest absolute Gasteiger partial charge is 0.351 e. The first-order chi connectivity index (χ1) is 13.2. The van der Waals surface area contributed by atoms with E-state index in [2.05, 4.69) is 15.1 Å². The average Bonchev–Trinajstić information content (AvgIpc) is 3.04. The first kappa shape index (κ1) is 20.8. The molecule has 3 rings (SSSR count). The van der Waals surface area contributed by atoms with E-state index in [1.807, 2.05) is 32.2 Å². The predicted octanol–water partition coefficient (Wildman–Crippen LogP) is 1.76. The van der Waals surface area contributed by atoms with Gasteiger partial charge in [0.25, 0.3) is 10.2 Å². The van der Waals surface area contributed by atoms with E-state index >= 15 is 0 Å². The molecule has 152 valence electrons. The molecular formula is C18H24ClN5O3S. The van der Waals surface area contributed by atoms with Crippen LogP contribution in [0.15, 0.2) is 30.5 Å². The number of rotatable bonds is 5. The van der Waals surface area contributed by atoms with Gasteiger partial charge in [0.05, 0.1) is 11.7 Å². The standard InChI is InChI=1S/C18H24ClN5O3S/c1-4-24-11-15(12(2)21-24)16-9-17(23(3)28(26,27)22-16)18(25)20-10-13-5-7-14(19)8-6-13/h5-8,11,16-17,22H,4,9-10H2,1-3H3,(H,20,25)/t16-,17+/m0/s1. The van der Waals surface area contributed by atoms with E-state index in [4.69, 9.17) is 11.6 Å². The Morgan fingerprint density at radius 1 is 1.36 bits per heavy atom. The number of likely N-dealkylation sites (N-methyl/N-ethyl adjacent to an activating group) is 1. The highest BCUT2D eigenvalue weighted by Gasteiger charge is 2.41. The first-order valence-electron chi connectivity index (χ1n) is 9.02. The minimum atomic E-state index is -3.79. The van der Waals surface area contributed by atoms with Crippen LogP contribution in [-0.2, 0) is 28.1 Å². The Labute approximate surface area is 170 Å². The highest BCUT2D eigenvalue weighted by Crippen LogP contribution is 2.29. The molecule has 8 nitrogen and oxygen atoms in total. The molecule has 2 heterocycles. The zero-order chi connectivity index (χ0) is 20.5. The van der Waals surface area contributed by atoms with Crippen molar-refractivity contribution >= 4 is 27.7 Å². The molecule has 1 amide bonds. The van der Waals surface area contributed by atoms with E-state index in [1.165, 1.54) is 7.05 Å². The van der Waals surface area contributed by atoms with Crippen molar-refractivity contribution in [3.05, 3.63) is 52.3 Å². The number of hydrogen-bond donors (Lipinski definition) is 2. The lowest BCUT2D eigenvalue weighted by Crippen LogP contribution is -2.57. The number of carbonyl (C=O) groups is 1. The SMILES string of the molecule is CCn1cc([C@@H]2C[C@H](C(=O)NCc3ccc(Cl)cc3)N(C)S(=O)(=O)N2)c(C)n1. The molecule has 2 aromatic rings. The van der Waals surface area contributed by atoms with Gasteiger partial charge in [-0.1, -0.05) is 23.7 Å². The molecule has 1 aromatic heterocycles. The van der Waals surface area contributed by atoms with Crippen molar-refractivity contribution < 1.29 is 13.2 Å². The van der Waals surface area contributed by atoms with Gasteiger partial charge in [-0.05, 0) is 38.0 Å². The molecule has 1 fully saturated rings. The fourth-order valence-corrected chi connectivity index (χ4v) is 4.65. The van der Waals surface area contributed by atoms with Gasteiger partial charge in [0, 0.05) is 36.9 Å². The lowest BCUT2D eigenvalue weighted by atomic mass is 10.00. The zero-order valence-corrected chi connectivity index (χ0v) is 17.6. The smallest absolute Gasteiger partial charge is 0.280 e. The lowest BCUT2D eigenvalue weighted by Gasteiger charge is -2.36. The summed E-state index contributed by atoms with van der Waals surface area (Å²) in [5, 5.41) is 7.82. The topological polar surface area (TPSA) is 96.3 Å². The number of hydrogen-bond acceptors (Lipinski definition) is 4. The average molecular weight is 426 g/mol. The maximum Gasteiger partial charge on any atom is 0.280 e. The number of benzene rings is 1. The van der Waals surface area contributed by atoms with Crippen LogP contribution in [-0.4, -0.2) is 41.5 Å². The fraction of sp³-hybridized carbons (Fsp3) is 0.444. The summed E-state index contributed by atoms with van der Waals surface area (Å²) in [4.78, 5) is 12.8. The highest BCUT2D eigenvalue weighted by molar-refractivity contribution is 7.87. The Balaban J connectivity index is 1.77. The number of carbonyl (C=O) groups excluding carboxylic acids is 1. The number of amides is 1. The molecule has 10 heteroatoms. The van der Waals surface area contributed by atoms with E-state index in [-0.39, 0.29) is 5.91 Å². The van der Waals surface area contributed by atoms with E-state index in [1.54, 1.807) is 16.8 Å². The van der Waals surface area contributed by atoms with Crippen molar-refractivity contribution in [1.82, 2.24) is 24.1 Å². The van der Waals surface area contributed by atoms with Gasteiger partial charge in [0.2, 0.25) is 5.91 Å². The summed E-state index contributed by atoms with van der Waals surface area (Å²) in [6.45, 7) is 4.78. The zero-order valence-electron chi connectivity index (χ0n) is 16.0. The molecule has 0 spiro atoms. The maximum atomic E-state index is 12.8. The fourth-order valence-electron chi connectivity index (χ4n) is 3.26. The molecule has 0 unspecified atom stereocenters. The summed E-state index contributed by atoms with van der Waals surface area (Å²) < 4.78 is 30.6. The Hall–Kier alpha value is -1.94. The van der Waals surface area contributed by atoms with Crippen LogP contribution < -0.4 is 10.0 Å². The number of aryl methyl sites for hydroxylation is 2. The van der Waals surface area contributed by atoms with Crippen molar-refractivity contribution in [2.45, 2.75) is 45.4 Å². The Morgan fingerprint density at radius 2 is 2.04 bits per heavy atom. The summed E-state index contributed by atoms with van der Waals surface area (Å²) >= 11 is 5.87. The molecule has 0 aliphatic carbocycles. The quantitative estimate of drug-likeness (QED) is 0.762. The molecule has 1 aromatic carbocycles.